The highest BCUT2D eigenvalue weighted by molar-refractivity contribution is 6.31. The van der Waals surface area contributed by atoms with Gasteiger partial charge in [0.2, 0.25) is 0 Å². The Hall–Kier alpha value is -4.10. The second-order valence-electron chi connectivity index (χ2n) is 7.56. The van der Waals surface area contributed by atoms with Crippen LogP contribution in [-0.2, 0) is 4.74 Å². The van der Waals surface area contributed by atoms with Crippen LogP contribution in [0, 0.1) is 6.92 Å². The highest BCUT2D eigenvalue weighted by Gasteiger charge is 2.20. The molecule has 0 saturated carbocycles. The number of carbonyl (C=O) groups is 2. The minimum Gasteiger partial charge on any atom is -0.441 e. The molecule has 34 heavy (non-hydrogen) atoms. The van der Waals surface area contributed by atoms with Crippen molar-refractivity contribution >= 4 is 35.0 Å². The third kappa shape index (κ3) is 5.27. The SMILES string of the molecule is Cc1noc(-c2ccc(NC(=O)c3ccccc3)cc2)c1NC(=O)OC(C)c1ccccc1Cl. The molecule has 4 rings (SSSR count). The molecule has 7 nitrogen and oxygen atoms in total. The Morgan fingerprint density at radius 2 is 1.62 bits per heavy atom. The third-order valence-electron chi connectivity index (χ3n) is 5.16. The van der Waals surface area contributed by atoms with Gasteiger partial charge in [0.05, 0.1) is 0 Å². The maximum Gasteiger partial charge on any atom is 0.412 e. The van der Waals surface area contributed by atoms with Crippen LogP contribution in [0.4, 0.5) is 16.2 Å². The predicted octanol–water partition coefficient (Wildman–Crippen LogP) is 6.87. The third-order valence-corrected chi connectivity index (χ3v) is 5.50. The molecule has 0 aliphatic rings. The summed E-state index contributed by atoms with van der Waals surface area (Å²) in [4.78, 5) is 24.9. The number of aryl methyl sites for hydroxylation is 1. The number of benzene rings is 3. The number of ether oxygens (including phenoxy) is 1. The summed E-state index contributed by atoms with van der Waals surface area (Å²) in [5.41, 5.74) is 3.46. The van der Waals surface area contributed by atoms with Gasteiger partial charge in [-0.3, -0.25) is 10.1 Å². The molecule has 0 aliphatic carbocycles. The number of nitrogens with one attached hydrogen (secondary N) is 2. The molecular formula is C26H22ClN3O4. The molecule has 0 fully saturated rings. The molecule has 0 saturated heterocycles. The topological polar surface area (TPSA) is 93.5 Å². The van der Waals surface area contributed by atoms with Crippen LogP contribution in [0.25, 0.3) is 11.3 Å². The quantitative estimate of drug-likeness (QED) is 0.317. The van der Waals surface area contributed by atoms with Crippen LogP contribution in [0.3, 0.4) is 0 Å². The zero-order chi connectivity index (χ0) is 24.1. The predicted molar refractivity (Wildman–Crippen MR) is 131 cm³/mol. The molecule has 2 N–H and O–H groups in total. The number of aromatic nitrogens is 1. The molecule has 0 radical (unpaired) electrons. The number of rotatable bonds is 6. The summed E-state index contributed by atoms with van der Waals surface area (Å²) in [6.45, 7) is 3.46. The van der Waals surface area contributed by atoms with E-state index in [1.54, 1.807) is 74.5 Å². The van der Waals surface area contributed by atoms with E-state index in [1.165, 1.54) is 0 Å². The van der Waals surface area contributed by atoms with Gasteiger partial charge in [0.1, 0.15) is 17.5 Å². The lowest BCUT2D eigenvalue weighted by Gasteiger charge is -2.15. The monoisotopic (exact) mass is 475 g/mol. The van der Waals surface area contributed by atoms with Gasteiger partial charge in [-0.2, -0.15) is 0 Å². The van der Waals surface area contributed by atoms with E-state index in [2.05, 4.69) is 15.8 Å². The Morgan fingerprint density at radius 3 is 2.32 bits per heavy atom. The van der Waals surface area contributed by atoms with E-state index in [9.17, 15) is 9.59 Å². The van der Waals surface area contributed by atoms with Crippen LogP contribution < -0.4 is 10.6 Å². The molecule has 1 aromatic heterocycles. The Morgan fingerprint density at radius 1 is 0.941 bits per heavy atom. The first kappa shape index (κ1) is 23.1. The maximum absolute atomic E-state index is 12.6. The lowest BCUT2D eigenvalue weighted by atomic mass is 10.1. The Bertz CT molecular complexity index is 1300. The van der Waals surface area contributed by atoms with Gasteiger partial charge >= 0.3 is 6.09 Å². The van der Waals surface area contributed by atoms with E-state index < -0.39 is 12.2 Å². The van der Waals surface area contributed by atoms with E-state index in [4.69, 9.17) is 20.9 Å². The molecule has 0 bridgehead atoms. The zero-order valence-electron chi connectivity index (χ0n) is 18.5. The fourth-order valence-electron chi connectivity index (χ4n) is 3.37. The van der Waals surface area contributed by atoms with Crippen LogP contribution in [0.5, 0.6) is 0 Å². The fourth-order valence-corrected chi connectivity index (χ4v) is 3.66. The van der Waals surface area contributed by atoms with E-state index >= 15 is 0 Å². The van der Waals surface area contributed by atoms with E-state index in [-0.39, 0.29) is 5.91 Å². The summed E-state index contributed by atoms with van der Waals surface area (Å²) in [6.07, 6.45) is -1.21. The number of carbonyl (C=O) groups excluding carboxylic acids is 2. The van der Waals surface area contributed by atoms with E-state index in [0.717, 1.165) is 0 Å². The van der Waals surface area contributed by atoms with E-state index in [1.807, 2.05) is 18.2 Å². The van der Waals surface area contributed by atoms with Crippen molar-refractivity contribution in [1.82, 2.24) is 5.16 Å². The van der Waals surface area contributed by atoms with Gasteiger partial charge in [0, 0.05) is 27.4 Å². The molecule has 172 valence electrons. The van der Waals surface area contributed by atoms with Crippen LogP contribution in [0.1, 0.15) is 34.6 Å². The zero-order valence-corrected chi connectivity index (χ0v) is 19.3. The second kappa shape index (κ2) is 10.2. The van der Waals surface area contributed by atoms with Crippen LogP contribution in [0.15, 0.2) is 83.4 Å². The molecule has 1 atom stereocenters. The van der Waals surface area contributed by atoms with Crippen molar-refractivity contribution in [2.24, 2.45) is 0 Å². The Kier molecular flexibility index (Phi) is 6.94. The van der Waals surface area contributed by atoms with Crippen LogP contribution in [-0.4, -0.2) is 17.2 Å². The van der Waals surface area contributed by atoms with Gasteiger partial charge in [-0.15, -0.1) is 0 Å². The number of amides is 2. The summed E-state index contributed by atoms with van der Waals surface area (Å²) >= 11 is 6.19. The van der Waals surface area contributed by atoms with Gasteiger partial charge in [-0.05, 0) is 56.3 Å². The van der Waals surface area contributed by atoms with Crippen molar-refractivity contribution < 1.29 is 18.8 Å². The summed E-state index contributed by atoms with van der Waals surface area (Å²) in [5, 5.41) is 10.0. The molecule has 0 spiro atoms. The van der Waals surface area contributed by atoms with Crippen molar-refractivity contribution in [3.05, 3.63) is 101 Å². The minimum atomic E-state index is -0.660. The normalized spacial score (nSPS) is 11.5. The largest absolute Gasteiger partial charge is 0.441 e. The van der Waals surface area contributed by atoms with Crippen molar-refractivity contribution in [3.63, 3.8) is 0 Å². The first-order chi connectivity index (χ1) is 16.4. The van der Waals surface area contributed by atoms with Crippen molar-refractivity contribution in [2.45, 2.75) is 20.0 Å². The minimum absolute atomic E-state index is 0.207. The second-order valence-corrected chi connectivity index (χ2v) is 7.97. The highest BCUT2D eigenvalue weighted by atomic mass is 35.5. The molecular weight excluding hydrogens is 454 g/mol. The standard InChI is InChI=1S/C26H22ClN3O4/c1-16-23(29-26(32)33-17(2)21-10-6-7-11-22(21)27)24(34-30-16)18-12-14-20(15-13-18)28-25(31)19-8-4-3-5-9-19/h3-15,17H,1-2H3,(H,28,31)(H,29,32). The average Bonchev–Trinajstić information content (AvgIpc) is 3.20. The summed E-state index contributed by atoms with van der Waals surface area (Å²) < 4.78 is 10.9. The van der Waals surface area contributed by atoms with Gasteiger partial charge in [0.25, 0.3) is 5.91 Å². The fraction of sp³-hybridized carbons (Fsp3) is 0.115. The van der Waals surface area contributed by atoms with Crippen molar-refractivity contribution in [3.8, 4) is 11.3 Å². The smallest absolute Gasteiger partial charge is 0.412 e. The Labute approximate surface area is 201 Å². The molecule has 4 aromatic rings. The summed E-state index contributed by atoms with van der Waals surface area (Å²) in [5.74, 6) is 0.169. The van der Waals surface area contributed by atoms with E-state index in [0.29, 0.717) is 44.5 Å². The maximum atomic E-state index is 12.6. The molecule has 1 heterocycles. The number of hydrogen-bond donors (Lipinski definition) is 2. The van der Waals surface area contributed by atoms with Crippen molar-refractivity contribution in [2.75, 3.05) is 10.6 Å². The number of hydrogen-bond acceptors (Lipinski definition) is 5. The number of halogens is 1. The highest BCUT2D eigenvalue weighted by Crippen LogP contribution is 2.32. The Balaban J connectivity index is 1.45. The first-order valence-electron chi connectivity index (χ1n) is 10.6. The molecule has 3 aromatic carbocycles. The first-order valence-corrected chi connectivity index (χ1v) is 11.0. The molecule has 8 heteroatoms. The average molecular weight is 476 g/mol. The van der Waals surface area contributed by atoms with Gasteiger partial charge < -0.3 is 14.6 Å². The lowest BCUT2D eigenvalue weighted by Crippen LogP contribution is -2.17. The summed E-state index contributed by atoms with van der Waals surface area (Å²) in [6, 6.07) is 23.1. The van der Waals surface area contributed by atoms with Gasteiger partial charge in [-0.1, -0.05) is 53.2 Å². The summed E-state index contributed by atoms with van der Waals surface area (Å²) in [7, 11) is 0. The molecule has 2 amide bonds. The molecule has 1 unspecified atom stereocenters. The number of anilines is 2. The lowest BCUT2D eigenvalue weighted by molar-refractivity contribution is 0.102. The van der Waals surface area contributed by atoms with Gasteiger partial charge in [-0.25, -0.2) is 4.79 Å². The molecule has 0 aliphatic heterocycles. The van der Waals surface area contributed by atoms with Crippen LogP contribution >= 0.6 is 11.6 Å². The van der Waals surface area contributed by atoms with Gasteiger partial charge in [0.15, 0.2) is 5.76 Å². The number of nitrogens with zero attached hydrogens (tertiary/aromatic N) is 1. The van der Waals surface area contributed by atoms with Crippen LogP contribution in [0.2, 0.25) is 5.02 Å². The van der Waals surface area contributed by atoms with Crippen molar-refractivity contribution in [1.29, 1.82) is 0 Å².